The summed E-state index contributed by atoms with van der Waals surface area (Å²) in [4.78, 5) is 22.2. The minimum atomic E-state index is -0.900. The molecule has 2 rings (SSSR count). The standard InChI is InChI=1S/C12H12ClNO3/c13-10-4-2-1-3-7(10)6-14-11(15)8-5-9(8)12(16)17/h1-4,8-9H,5-6H2,(H,14,15)(H,16,17)/t8-,9-/m1/s1. The lowest BCUT2D eigenvalue weighted by molar-refractivity contribution is -0.140. The lowest BCUT2D eigenvalue weighted by atomic mass is 10.2. The number of hydrogen-bond acceptors (Lipinski definition) is 2. The van der Waals surface area contributed by atoms with Gasteiger partial charge < -0.3 is 10.4 Å². The van der Waals surface area contributed by atoms with Crippen LogP contribution in [0.15, 0.2) is 24.3 Å². The van der Waals surface area contributed by atoms with Crippen molar-refractivity contribution < 1.29 is 14.7 Å². The number of aliphatic carboxylic acids is 1. The zero-order valence-electron chi connectivity index (χ0n) is 9.02. The summed E-state index contributed by atoms with van der Waals surface area (Å²) in [6.07, 6.45) is 0.434. The van der Waals surface area contributed by atoms with Gasteiger partial charge in [0.25, 0.3) is 0 Å². The fourth-order valence-corrected chi connectivity index (χ4v) is 1.92. The maximum atomic E-state index is 11.6. The molecule has 5 heteroatoms. The first-order chi connectivity index (χ1) is 8.09. The molecule has 0 unspecified atom stereocenters. The van der Waals surface area contributed by atoms with Crippen LogP contribution in [0.25, 0.3) is 0 Å². The predicted molar refractivity (Wildman–Crippen MR) is 62.5 cm³/mol. The van der Waals surface area contributed by atoms with Crippen molar-refractivity contribution in [3.8, 4) is 0 Å². The number of carbonyl (C=O) groups excluding carboxylic acids is 1. The summed E-state index contributed by atoms with van der Waals surface area (Å²) in [5.74, 6) is -2.00. The molecular formula is C12H12ClNO3. The van der Waals surface area contributed by atoms with Gasteiger partial charge in [-0.05, 0) is 18.1 Å². The van der Waals surface area contributed by atoms with Crippen molar-refractivity contribution in [3.63, 3.8) is 0 Å². The number of amides is 1. The summed E-state index contributed by atoms with van der Waals surface area (Å²) in [5.41, 5.74) is 0.829. The molecule has 0 aromatic heterocycles. The van der Waals surface area contributed by atoms with Crippen molar-refractivity contribution in [1.82, 2.24) is 5.32 Å². The fourth-order valence-electron chi connectivity index (χ4n) is 1.71. The third-order valence-electron chi connectivity index (χ3n) is 2.86. The van der Waals surface area contributed by atoms with Gasteiger partial charge in [0.05, 0.1) is 11.8 Å². The molecule has 2 N–H and O–H groups in total. The van der Waals surface area contributed by atoms with Crippen LogP contribution in [0.4, 0.5) is 0 Å². The van der Waals surface area contributed by atoms with Gasteiger partial charge in [-0.25, -0.2) is 0 Å². The molecule has 17 heavy (non-hydrogen) atoms. The van der Waals surface area contributed by atoms with E-state index in [1.54, 1.807) is 6.07 Å². The van der Waals surface area contributed by atoms with Gasteiger partial charge in [0.2, 0.25) is 5.91 Å². The van der Waals surface area contributed by atoms with Crippen LogP contribution in [-0.4, -0.2) is 17.0 Å². The highest BCUT2D eigenvalue weighted by Gasteiger charge is 2.48. The van der Waals surface area contributed by atoms with Gasteiger partial charge in [0, 0.05) is 11.6 Å². The van der Waals surface area contributed by atoms with E-state index in [9.17, 15) is 9.59 Å². The molecule has 0 saturated heterocycles. The second-order valence-corrected chi connectivity index (χ2v) is 4.50. The molecule has 1 aliphatic carbocycles. The summed E-state index contributed by atoms with van der Waals surface area (Å²) in [6.45, 7) is 0.335. The van der Waals surface area contributed by atoms with E-state index in [0.717, 1.165) is 5.56 Å². The molecule has 0 bridgehead atoms. The molecular weight excluding hydrogens is 242 g/mol. The molecule has 1 aromatic carbocycles. The second kappa shape index (κ2) is 4.75. The Morgan fingerprint density at radius 2 is 2.06 bits per heavy atom. The van der Waals surface area contributed by atoms with Crippen LogP contribution in [-0.2, 0) is 16.1 Å². The quantitative estimate of drug-likeness (QED) is 0.858. The summed E-state index contributed by atoms with van der Waals surface area (Å²) in [6, 6.07) is 7.23. The largest absolute Gasteiger partial charge is 0.481 e. The van der Waals surface area contributed by atoms with Crippen LogP contribution >= 0.6 is 11.6 Å². The summed E-state index contributed by atoms with van der Waals surface area (Å²) in [5, 5.41) is 12.0. The maximum absolute atomic E-state index is 11.6. The smallest absolute Gasteiger partial charge is 0.307 e. The van der Waals surface area contributed by atoms with Gasteiger partial charge in [-0.15, -0.1) is 0 Å². The van der Waals surface area contributed by atoms with E-state index in [4.69, 9.17) is 16.7 Å². The SMILES string of the molecule is O=C(O)[C@@H]1C[C@H]1C(=O)NCc1ccccc1Cl. The summed E-state index contributed by atoms with van der Waals surface area (Å²) in [7, 11) is 0. The zero-order valence-corrected chi connectivity index (χ0v) is 9.78. The maximum Gasteiger partial charge on any atom is 0.307 e. The topological polar surface area (TPSA) is 66.4 Å². The molecule has 0 spiro atoms. The minimum Gasteiger partial charge on any atom is -0.481 e. The molecule has 1 amide bonds. The van der Waals surface area contributed by atoms with Gasteiger partial charge in [0.15, 0.2) is 0 Å². The minimum absolute atomic E-state index is 0.211. The first-order valence-corrected chi connectivity index (χ1v) is 5.71. The van der Waals surface area contributed by atoms with E-state index >= 15 is 0 Å². The van der Waals surface area contributed by atoms with E-state index in [2.05, 4.69) is 5.32 Å². The molecule has 1 aliphatic rings. The van der Waals surface area contributed by atoms with Gasteiger partial charge in [-0.3, -0.25) is 9.59 Å². The Kier molecular flexibility index (Phi) is 3.33. The molecule has 1 saturated carbocycles. The van der Waals surface area contributed by atoms with E-state index in [0.29, 0.717) is 18.0 Å². The number of nitrogens with one attached hydrogen (secondary N) is 1. The Balaban J connectivity index is 1.86. The third kappa shape index (κ3) is 2.77. The van der Waals surface area contributed by atoms with Gasteiger partial charge >= 0.3 is 5.97 Å². The Morgan fingerprint density at radius 3 is 2.65 bits per heavy atom. The van der Waals surface area contributed by atoms with Crippen LogP contribution in [0.5, 0.6) is 0 Å². The molecule has 0 radical (unpaired) electrons. The molecule has 1 aromatic rings. The summed E-state index contributed by atoms with van der Waals surface area (Å²) >= 11 is 5.94. The zero-order chi connectivity index (χ0) is 12.4. The van der Waals surface area contributed by atoms with Crippen LogP contribution in [0.3, 0.4) is 0 Å². The Hall–Kier alpha value is -1.55. The highest BCUT2D eigenvalue weighted by atomic mass is 35.5. The van der Waals surface area contributed by atoms with Gasteiger partial charge in [-0.2, -0.15) is 0 Å². The Bertz CT molecular complexity index is 461. The molecule has 0 heterocycles. The number of carbonyl (C=O) groups is 2. The van der Waals surface area contributed by atoms with Crippen molar-refractivity contribution in [1.29, 1.82) is 0 Å². The van der Waals surface area contributed by atoms with E-state index < -0.39 is 11.9 Å². The predicted octanol–water partition coefficient (Wildman–Crippen LogP) is 1.68. The van der Waals surface area contributed by atoms with Gasteiger partial charge in [0.1, 0.15) is 0 Å². The molecule has 4 nitrogen and oxygen atoms in total. The third-order valence-corrected chi connectivity index (χ3v) is 3.22. The van der Waals surface area contributed by atoms with Crippen molar-refractivity contribution in [2.24, 2.45) is 11.8 Å². The van der Waals surface area contributed by atoms with Crippen molar-refractivity contribution in [3.05, 3.63) is 34.9 Å². The Morgan fingerprint density at radius 1 is 1.35 bits per heavy atom. The van der Waals surface area contributed by atoms with E-state index in [1.165, 1.54) is 0 Å². The Labute approximate surface area is 104 Å². The highest BCUT2D eigenvalue weighted by Crippen LogP contribution is 2.38. The van der Waals surface area contributed by atoms with Gasteiger partial charge in [-0.1, -0.05) is 29.8 Å². The average Bonchev–Trinajstić information content (AvgIpc) is 3.07. The molecule has 0 aliphatic heterocycles. The first-order valence-electron chi connectivity index (χ1n) is 5.33. The van der Waals surface area contributed by atoms with E-state index in [1.807, 2.05) is 18.2 Å². The number of rotatable bonds is 4. The monoisotopic (exact) mass is 253 g/mol. The van der Waals surface area contributed by atoms with Crippen molar-refractivity contribution >= 4 is 23.5 Å². The van der Waals surface area contributed by atoms with Crippen LogP contribution in [0, 0.1) is 11.8 Å². The average molecular weight is 254 g/mol. The second-order valence-electron chi connectivity index (χ2n) is 4.10. The van der Waals surface area contributed by atoms with Crippen molar-refractivity contribution in [2.75, 3.05) is 0 Å². The number of halogens is 1. The normalized spacial score (nSPS) is 21.9. The number of carboxylic acids is 1. The first kappa shape index (κ1) is 11.9. The lowest BCUT2D eigenvalue weighted by Gasteiger charge is -2.06. The number of benzene rings is 1. The lowest BCUT2D eigenvalue weighted by Crippen LogP contribution is -2.26. The van der Waals surface area contributed by atoms with Crippen LogP contribution in [0.1, 0.15) is 12.0 Å². The number of hydrogen-bond donors (Lipinski definition) is 2. The molecule has 2 atom stereocenters. The highest BCUT2D eigenvalue weighted by molar-refractivity contribution is 6.31. The fraction of sp³-hybridized carbons (Fsp3) is 0.333. The molecule has 90 valence electrons. The summed E-state index contributed by atoms with van der Waals surface area (Å²) < 4.78 is 0. The van der Waals surface area contributed by atoms with Crippen LogP contribution in [0.2, 0.25) is 5.02 Å². The van der Waals surface area contributed by atoms with Crippen molar-refractivity contribution in [2.45, 2.75) is 13.0 Å². The van der Waals surface area contributed by atoms with E-state index in [-0.39, 0.29) is 11.8 Å². The molecule has 1 fully saturated rings. The van der Waals surface area contributed by atoms with Crippen LogP contribution < -0.4 is 5.32 Å². The number of carboxylic acid groups (broad SMARTS) is 1.